The summed E-state index contributed by atoms with van der Waals surface area (Å²) in [5.41, 5.74) is 6.57. The third kappa shape index (κ3) is 2.53. The predicted octanol–water partition coefficient (Wildman–Crippen LogP) is 1.89. The van der Waals surface area contributed by atoms with E-state index in [1.54, 1.807) is 0 Å². The van der Waals surface area contributed by atoms with E-state index in [-0.39, 0.29) is 5.60 Å². The molecule has 4 heteroatoms. The molecule has 2 aliphatic heterocycles. The summed E-state index contributed by atoms with van der Waals surface area (Å²) >= 11 is 0. The van der Waals surface area contributed by atoms with E-state index in [1.807, 2.05) is 19.1 Å². The lowest BCUT2D eigenvalue weighted by Gasteiger charge is -2.31. The molecule has 0 bridgehead atoms. The maximum atomic E-state index is 6.29. The summed E-state index contributed by atoms with van der Waals surface area (Å²) in [5, 5.41) is 0. The van der Waals surface area contributed by atoms with Gasteiger partial charge in [-0.2, -0.15) is 0 Å². The number of nitrogens with zero attached hydrogens (tertiary/aromatic N) is 1. The van der Waals surface area contributed by atoms with Crippen LogP contribution >= 0.6 is 0 Å². The lowest BCUT2D eigenvalue weighted by Crippen LogP contribution is -2.39. The van der Waals surface area contributed by atoms with Crippen LogP contribution in [0.1, 0.15) is 18.9 Å². The third-order valence-corrected chi connectivity index (χ3v) is 3.96. The van der Waals surface area contributed by atoms with Crippen molar-refractivity contribution in [3.63, 3.8) is 0 Å². The average molecular weight is 274 g/mol. The maximum absolute atomic E-state index is 6.29. The Morgan fingerprint density at radius 2 is 2.35 bits per heavy atom. The van der Waals surface area contributed by atoms with Gasteiger partial charge in [0.15, 0.2) is 0 Å². The molecule has 1 aromatic carbocycles. The van der Waals surface area contributed by atoms with Crippen molar-refractivity contribution in [1.82, 2.24) is 4.90 Å². The van der Waals surface area contributed by atoms with Crippen molar-refractivity contribution >= 4 is 6.08 Å². The molecule has 0 radical (unpaired) electrons. The number of likely N-dealkylation sites (tertiary alicyclic amines) is 1. The SMILES string of the molecule is CCOc1ccc2c(c1)OC1(C=C2)CCN(CCN)C1. The minimum absolute atomic E-state index is 0.187. The number of fused-ring (bicyclic) bond motifs is 1. The molecule has 2 N–H and O–H groups in total. The van der Waals surface area contributed by atoms with Crippen molar-refractivity contribution in [2.75, 3.05) is 32.8 Å². The van der Waals surface area contributed by atoms with Gasteiger partial charge in [-0.25, -0.2) is 0 Å². The molecular weight excluding hydrogens is 252 g/mol. The van der Waals surface area contributed by atoms with Gasteiger partial charge in [0.2, 0.25) is 0 Å². The fourth-order valence-electron chi connectivity index (χ4n) is 2.97. The molecule has 0 saturated carbocycles. The van der Waals surface area contributed by atoms with Crippen LogP contribution in [0.3, 0.4) is 0 Å². The van der Waals surface area contributed by atoms with Crippen molar-refractivity contribution in [3.8, 4) is 11.5 Å². The Kier molecular flexibility index (Phi) is 3.68. The van der Waals surface area contributed by atoms with Crippen LogP contribution in [0.2, 0.25) is 0 Å². The van der Waals surface area contributed by atoms with Crippen LogP contribution in [0.15, 0.2) is 24.3 Å². The van der Waals surface area contributed by atoms with E-state index in [4.69, 9.17) is 15.2 Å². The summed E-state index contributed by atoms with van der Waals surface area (Å²) in [4.78, 5) is 2.36. The van der Waals surface area contributed by atoms with E-state index in [1.165, 1.54) is 0 Å². The zero-order valence-electron chi connectivity index (χ0n) is 12.0. The van der Waals surface area contributed by atoms with Crippen molar-refractivity contribution in [2.45, 2.75) is 18.9 Å². The van der Waals surface area contributed by atoms with Gasteiger partial charge in [0.05, 0.1) is 6.61 Å². The van der Waals surface area contributed by atoms with Crippen molar-refractivity contribution in [1.29, 1.82) is 0 Å². The lowest BCUT2D eigenvalue weighted by molar-refractivity contribution is 0.123. The van der Waals surface area contributed by atoms with Crippen LogP contribution in [0, 0.1) is 0 Å². The molecule has 1 saturated heterocycles. The minimum atomic E-state index is -0.187. The molecule has 3 rings (SSSR count). The van der Waals surface area contributed by atoms with Crippen LogP contribution in [0.25, 0.3) is 6.08 Å². The first-order valence-electron chi connectivity index (χ1n) is 7.32. The van der Waals surface area contributed by atoms with Crippen LogP contribution < -0.4 is 15.2 Å². The first-order valence-corrected chi connectivity index (χ1v) is 7.32. The van der Waals surface area contributed by atoms with E-state index >= 15 is 0 Å². The molecule has 4 nitrogen and oxygen atoms in total. The molecule has 20 heavy (non-hydrogen) atoms. The van der Waals surface area contributed by atoms with E-state index in [0.29, 0.717) is 13.2 Å². The molecule has 2 aliphatic rings. The standard InChI is InChI=1S/C16H22N2O2/c1-2-19-14-4-3-13-5-6-16(20-15(13)11-14)7-9-18(12-16)10-8-17/h3-6,11H,2,7-10,12,17H2,1H3. The maximum Gasteiger partial charge on any atom is 0.141 e. The smallest absolute Gasteiger partial charge is 0.141 e. The molecule has 0 aromatic heterocycles. The summed E-state index contributed by atoms with van der Waals surface area (Å²) in [6, 6.07) is 6.04. The largest absolute Gasteiger partial charge is 0.494 e. The number of hydrogen-bond donors (Lipinski definition) is 1. The Morgan fingerprint density at radius 3 is 3.15 bits per heavy atom. The first-order chi connectivity index (χ1) is 9.74. The van der Waals surface area contributed by atoms with Crippen molar-refractivity contribution in [2.24, 2.45) is 5.73 Å². The molecule has 108 valence electrons. The number of nitrogens with two attached hydrogens (primary N) is 1. The van der Waals surface area contributed by atoms with Crippen LogP contribution in [-0.2, 0) is 0 Å². The molecule has 1 unspecified atom stereocenters. The monoisotopic (exact) mass is 274 g/mol. The van der Waals surface area contributed by atoms with Crippen LogP contribution in [-0.4, -0.2) is 43.3 Å². The molecule has 1 fully saturated rings. The minimum Gasteiger partial charge on any atom is -0.494 e. The highest BCUT2D eigenvalue weighted by Crippen LogP contribution is 2.38. The molecule has 0 amide bonds. The van der Waals surface area contributed by atoms with Crippen molar-refractivity contribution in [3.05, 3.63) is 29.8 Å². The zero-order valence-corrected chi connectivity index (χ0v) is 12.0. The zero-order chi connectivity index (χ0) is 14.0. The van der Waals surface area contributed by atoms with Gasteiger partial charge in [0.1, 0.15) is 17.1 Å². The van der Waals surface area contributed by atoms with E-state index in [2.05, 4.69) is 23.1 Å². The number of ether oxygens (including phenoxy) is 2. The highest BCUT2D eigenvalue weighted by Gasteiger charge is 2.39. The second-order valence-electron chi connectivity index (χ2n) is 5.45. The first kappa shape index (κ1) is 13.5. The van der Waals surface area contributed by atoms with Gasteiger partial charge >= 0.3 is 0 Å². The van der Waals surface area contributed by atoms with Gasteiger partial charge in [-0.05, 0) is 25.1 Å². The third-order valence-electron chi connectivity index (χ3n) is 3.96. The Morgan fingerprint density at radius 1 is 1.45 bits per heavy atom. The number of rotatable bonds is 4. The van der Waals surface area contributed by atoms with Gasteiger partial charge in [-0.3, -0.25) is 4.90 Å². The Bertz CT molecular complexity index is 515. The summed E-state index contributed by atoms with van der Waals surface area (Å²) in [7, 11) is 0. The Balaban J connectivity index is 1.79. The summed E-state index contributed by atoms with van der Waals surface area (Å²) in [5.74, 6) is 1.79. The van der Waals surface area contributed by atoms with E-state index in [0.717, 1.165) is 43.1 Å². The summed E-state index contributed by atoms with van der Waals surface area (Å²) in [6.07, 6.45) is 5.38. The van der Waals surface area contributed by atoms with Gasteiger partial charge < -0.3 is 15.2 Å². The second kappa shape index (κ2) is 5.46. The number of benzene rings is 1. The second-order valence-corrected chi connectivity index (χ2v) is 5.45. The van der Waals surface area contributed by atoms with E-state index in [9.17, 15) is 0 Å². The highest BCUT2D eigenvalue weighted by atomic mass is 16.5. The molecule has 1 aromatic rings. The lowest BCUT2D eigenvalue weighted by atomic mass is 9.97. The molecule has 1 atom stereocenters. The Hall–Kier alpha value is -1.52. The van der Waals surface area contributed by atoms with E-state index < -0.39 is 0 Å². The fraction of sp³-hybridized carbons (Fsp3) is 0.500. The Labute approximate surface area is 120 Å². The predicted molar refractivity (Wildman–Crippen MR) is 80.1 cm³/mol. The number of hydrogen-bond acceptors (Lipinski definition) is 4. The highest BCUT2D eigenvalue weighted by molar-refractivity contribution is 5.63. The van der Waals surface area contributed by atoms with Gasteiger partial charge in [-0.15, -0.1) is 0 Å². The molecule has 2 heterocycles. The normalized spacial score (nSPS) is 24.7. The van der Waals surface area contributed by atoms with Gasteiger partial charge in [0, 0.05) is 44.2 Å². The topological polar surface area (TPSA) is 47.7 Å². The molecular formula is C16H22N2O2. The average Bonchev–Trinajstić information content (AvgIpc) is 2.82. The summed E-state index contributed by atoms with van der Waals surface area (Å²) in [6.45, 7) is 6.25. The fourth-order valence-corrected chi connectivity index (χ4v) is 2.97. The quantitative estimate of drug-likeness (QED) is 0.911. The van der Waals surface area contributed by atoms with Crippen LogP contribution in [0.5, 0.6) is 11.5 Å². The molecule has 0 aliphatic carbocycles. The van der Waals surface area contributed by atoms with Gasteiger partial charge in [0.25, 0.3) is 0 Å². The summed E-state index contributed by atoms with van der Waals surface area (Å²) < 4.78 is 11.8. The van der Waals surface area contributed by atoms with Crippen LogP contribution in [0.4, 0.5) is 0 Å². The molecule has 1 spiro atoms. The van der Waals surface area contributed by atoms with Crippen molar-refractivity contribution < 1.29 is 9.47 Å². The van der Waals surface area contributed by atoms with Gasteiger partial charge in [-0.1, -0.05) is 6.08 Å².